The van der Waals surface area contributed by atoms with Gasteiger partial charge >= 0.3 is 0 Å². The van der Waals surface area contributed by atoms with Gasteiger partial charge in [0.1, 0.15) is 0 Å². The fourth-order valence-corrected chi connectivity index (χ4v) is 22.0. The maximum atomic E-state index is 2.58. The van der Waals surface area contributed by atoms with Crippen molar-refractivity contribution in [2.45, 2.75) is 121 Å². The van der Waals surface area contributed by atoms with Crippen LogP contribution >= 0.6 is 102 Å². The summed E-state index contributed by atoms with van der Waals surface area (Å²) in [6.45, 7) is 27.9. The first-order chi connectivity index (χ1) is 37.6. The summed E-state index contributed by atoms with van der Waals surface area (Å²) >= 11 is 17.7. The van der Waals surface area contributed by atoms with Gasteiger partial charge in [-0.05, 0) is 205 Å². The van der Waals surface area contributed by atoms with Gasteiger partial charge in [-0.15, -0.1) is 102 Å². The highest BCUT2D eigenvalue weighted by atomic mass is 32.2. The lowest BCUT2D eigenvalue weighted by atomic mass is 9.81. The number of rotatable bonds is 8. The first kappa shape index (κ1) is 52.4. The highest BCUT2D eigenvalue weighted by Gasteiger charge is 2.50. The van der Waals surface area contributed by atoms with Crippen molar-refractivity contribution in [1.82, 2.24) is 0 Å². The van der Waals surface area contributed by atoms with E-state index in [1.807, 2.05) is 90.7 Å². The predicted octanol–water partition coefficient (Wildman–Crippen LogP) is 24.9. The molecular formula is C70H62S9. The van der Waals surface area contributed by atoms with Crippen molar-refractivity contribution in [3.63, 3.8) is 0 Å². The first-order valence-corrected chi connectivity index (χ1v) is 34.6. The minimum absolute atomic E-state index is 0.112. The van der Waals surface area contributed by atoms with Crippen molar-refractivity contribution in [3.8, 4) is 80.8 Å². The van der Waals surface area contributed by atoms with Gasteiger partial charge in [0, 0.05) is 88.3 Å². The molecule has 0 saturated heterocycles. The van der Waals surface area contributed by atoms with Crippen molar-refractivity contribution in [2.24, 2.45) is 0 Å². The molecule has 4 aromatic carbocycles. The molecule has 396 valence electrons. The largest absolute Gasteiger partial charge is 0.139 e. The summed E-state index contributed by atoms with van der Waals surface area (Å²) in [5.41, 5.74) is 10.3. The number of benzene rings is 4. The fraction of sp³-hybridized carbons (Fsp3) is 0.257. The van der Waals surface area contributed by atoms with Crippen LogP contribution in [0, 0.1) is 0 Å². The SMILES string of the molecule is CC(C)(C)c1ccc(-c2ccc(-c3cc4c5c(c(-c6ccc(-c7ccc(C(C)(C)C)s7)s6)ccc5c3)C3(C4)Sc4cc(-c5ccc(-c6ccc(C(C)(C)C)s6)s5)cc5ccc(-c6ccc(-c7ccc(C(C)(C)C)s7)s6)c3c45)s2)s1. The Morgan fingerprint density at radius 3 is 1.01 bits per heavy atom. The molecule has 0 amide bonds. The average molecular weight is 1190 g/mol. The average Bonchev–Trinajstić information content (AvgIpc) is 2.42. The lowest BCUT2D eigenvalue weighted by Gasteiger charge is -2.30. The van der Waals surface area contributed by atoms with Gasteiger partial charge in [0.15, 0.2) is 0 Å². The van der Waals surface area contributed by atoms with Gasteiger partial charge in [-0.25, -0.2) is 0 Å². The lowest BCUT2D eigenvalue weighted by molar-refractivity contribution is 0.603. The second-order valence-corrected chi connectivity index (χ2v) is 35.7. The van der Waals surface area contributed by atoms with Crippen LogP contribution in [0.4, 0.5) is 0 Å². The molecule has 2 aliphatic rings. The molecule has 1 atom stereocenters. The Kier molecular flexibility index (Phi) is 12.4. The van der Waals surface area contributed by atoms with E-state index in [2.05, 4.69) is 240 Å². The Bertz CT molecular complexity index is 4090. The molecule has 0 radical (unpaired) electrons. The summed E-state index contributed by atoms with van der Waals surface area (Å²) in [5, 5.41) is 5.51. The smallest absolute Gasteiger partial charge is 0.0769 e. The van der Waals surface area contributed by atoms with Crippen molar-refractivity contribution in [3.05, 3.63) is 182 Å². The van der Waals surface area contributed by atoms with Gasteiger partial charge in [-0.3, -0.25) is 0 Å². The Hall–Kier alpha value is -4.65. The van der Waals surface area contributed by atoms with Crippen LogP contribution < -0.4 is 0 Å². The van der Waals surface area contributed by atoms with E-state index in [0.717, 1.165) is 6.42 Å². The van der Waals surface area contributed by atoms with E-state index in [4.69, 9.17) is 0 Å². The maximum absolute atomic E-state index is 2.58. The molecule has 1 spiro atoms. The van der Waals surface area contributed by atoms with Crippen LogP contribution in [0.3, 0.4) is 0 Å². The normalized spacial score (nSPS) is 15.5. The Labute approximate surface area is 502 Å². The molecule has 79 heavy (non-hydrogen) atoms. The molecule has 0 nitrogen and oxygen atoms in total. The van der Waals surface area contributed by atoms with Crippen LogP contribution in [0.1, 0.15) is 119 Å². The van der Waals surface area contributed by atoms with E-state index in [1.165, 1.54) is 143 Å². The number of thioether (sulfide) groups is 1. The third-order valence-electron chi connectivity index (χ3n) is 15.7. The quantitative estimate of drug-likeness (QED) is 0.146. The van der Waals surface area contributed by atoms with E-state index in [-0.39, 0.29) is 26.4 Å². The molecule has 8 aromatic heterocycles. The summed E-state index contributed by atoms with van der Waals surface area (Å²) < 4.78 is -0.382. The van der Waals surface area contributed by atoms with E-state index >= 15 is 0 Å². The maximum Gasteiger partial charge on any atom is 0.0769 e. The highest BCUT2D eigenvalue weighted by Crippen LogP contribution is 2.67. The molecular weight excluding hydrogens is 1130 g/mol. The third-order valence-corrected chi connectivity index (χ3v) is 28.5. The zero-order valence-corrected chi connectivity index (χ0v) is 54.1. The fourth-order valence-electron chi connectivity index (χ4n) is 11.6. The second-order valence-electron chi connectivity index (χ2n) is 25.7. The van der Waals surface area contributed by atoms with Gasteiger partial charge in [0.25, 0.3) is 0 Å². The van der Waals surface area contributed by atoms with Gasteiger partial charge in [0.2, 0.25) is 0 Å². The molecule has 1 unspecified atom stereocenters. The second kappa shape index (κ2) is 18.7. The molecule has 0 saturated carbocycles. The van der Waals surface area contributed by atoms with Crippen molar-refractivity contribution >= 4 is 124 Å². The van der Waals surface area contributed by atoms with Crippen molar-refractivity contribution in [2.75, 3.05) is 0 Å². The summed E-state index contributed by atoms with van der Waals surface area (Å²) in [6, 6.07) is 57.8. The van der Waals surface area contributed by atoms with Crippen LogP contribution in [0.2, 0.25) is 0 Å². The summed E-state index contributed by atoms with van der Waals surface area (Å²) in [5.74, 6) is 0. The van der Waals surface area contributed by atoms with Gasteiger partial charge in [0.05, 0.1) is 4.75 Å². The lowest BCUT2D eigenvalue weighted by Crippen LogP contribution is -2.22. The molecule has 9 heterocycles. The first-order valence-electron chi connectivity index (χ1n) is 27.3. The highest BCUT2D eigenvalue weighted by molar-refractivity contribution is 8.01. The zero-order chi connectivity index (χ0) is 54.7. The van der Waals surface area contributed by atoms with Crippen molar-refractivity contribution < 1.29 is 0 Å². The Balaban J connectivity index is 0.961. The molecule has 1 aliphatic heterocycles. The monoisotopic (exact) mass is 1190 g/mol. The molecule has 0 N–H and O–H groups in total. The van der Waals surface area contributed by atoms with Gasteiger partial charge < -0.3 is 0 Å². The summed E-state index contributed by atoms with van der Waals surface area (Å²) in [7, 11) is 0. The van der Waals surface area contributed by atoms with Crippen LogP contribution in [-0.2, 0) is 32.8 Å². The Morgan fingerprint density at radius 1 is 0.304 bits per heavy atom. The number of fused-ring (bicyclic) bond motifs is 2. The minimum atomic E-state index is -0.382. The standard InChI is InChI=1S/C70H62S9/c1-66(2,3)58-29-25-53(75-58)49-21-17-45(71-49)40-33-38-13-15-43(47-19-23-51(73-47)55-27-31-60(77-55)68(7,8)9)64-62(38)42(35-40)37-70(64)65-44(48-20-24-52(74-48)56-28-32-61(78-56)69(10,11)12)16-14-39-34-41(36-57(79-70)63(39)65)46-18-22-50(72-46)54-26-30-59(76-54)67(4,5)6/h13-36H,37H2,1-12H3. The van der Waals surface area contributed by atoms with Gasteiger partial charge in [-0.2, -0.15) is 0 Å². The van der Waals surface area contributed by atoms with Crippen molar-refractivity contribution in [1.29, 1.82) is 0 Å². The molecule has 1 aliphatic carbocycles. The van der Waals surface area contributed by atoms with Crippen LogP contribution in [0.15, 0.2) is 150 Å². The van der Waals surface area contributed by atoms with E-state index in [1.54, 1.807) is 0 Å². The number of hydrogen-bond acceptors (Lipinski definition) is 9. The summed E-state index contributed by atoms with van der Waals surface area (Å²) in [4.78, 5) is 23.2. The van der Waals surface area contributed by atoms with Crippen LogP contribution in [-0.4, -0.2) is 0 Å². The van der Waals surface area contributed by atoms with E-state index < -0.39 is 0 Å². The zero-order valence-electron chi connectivity index (χ0n) is 46.7. The molecule has 9 heteroatoms. The van der Waals surface area contributed by atoms with Crippen LogP contribution in [0.25, 0.3) is 102 Å². The molecule has 0 fully saturated rings. The Morgan fingerprint density at radius 2 is 0.620 bits per heavy atom. The minimum Gasteiger partial charge on any atom is -0.139 e. The molecule has 12 aromatic rings. The topological polar surface area (TPSA) is 0 Å². The number of hydrogen-bond donors (Lipinski definition) is 0. The van der Waals surface area contributed by atoms with E-state index in [0.29, 0.717) is 0 Å². The van der Waals surface area contributed by atoms with E-state index in [9.17, 15) is 0 Å². The molecule has 14 rings (SSSR count). The third kappa shape index (κ3) is 9.03. The summed E-state index contributed by atoms with van der Waals surface area (Å²) in [6.07, 6.45) is 0.913. The predicted molar refractivity (Wildman–Crippen MR) is 360 cm³/mol. The van der Waals surface area contributed by atoms with Gasteiger partial charge in [-0.1, -0.05) is 107 Å². The molecule has 0 bridgehead atoms. The van der Waals surface area contributed by atoms with Crippen LogP contribution in [0.5, 0.6) is 0 Å². The number of thiophene rings is 8.